The van der Waals surface area contributed by atoms with Gasteiger partial charge in [0.25, 0.3) is 0 Å². The maximum absolute atomic E-state index is 13.5. The minimum absolute atomic E-state index is 0.174. The first-order valence-corrected chi connectivity index (χ1v) is 12.5. The lowest BCUT2D eigenvalue weighted by Crippen LogP contribution is -2.02. The minimum atomic E-state index is -3.38. The van der Waals surface area contributed by atoms with Crippen LogP contribution >= 0.6 is 18.2 Å². The van der Waals surface area contributed by atoms with Crippen LogP contribution < -0.4 is 0 Å². The molecule has 2 rings (SSSR count). The Kier molecular flexibility index (Phi) is 9.43. The summed E-state index contributed by atoms with van der Waals surface area (Å²) in [5.74, 6) is 0.174. The monoisotopic (exact) mass is 408 g/mol. The molecule has 0 spiro atoms. The Labute approximate surface area is 166 Å². The molecule has 0 heterocycles. The third-order valence-corrected chi connectivity index (χ3v) is 8.08. The number of phenols is 1. The predicted octanol–water partition coefficient (Wildman–Crippen LogP) is 6.96. The summed E-state index contributed by atoms with van der Waals surface area (Å²) in [7, 11) is 0. The van der Waals surface area contributed by atoms with Crippen molar-refractivity contribution in [3.63, 3.8) is 0 Å². The average Bonchev–Trinajstić information content (AvgIpc) is 2.68. The fourth-order valence-electron chi connectivity index (χ4n) is 2.50. The van der Waals surface area contributed by atoms with Gasteiger partial charge in [-0.15, -0.1) is 0 Å². The van der Waals surface area contributed by atoms with Gasteiger partial charge in [0.05, 0.1) is 18.5 Å². The molecule has 0 aromatic heterocycles. The molecule has 0 fully saturated rings. The van der Waals surface area contributed by atoms with Crippen molar-refractivity contribution < 1.29 is 18.7 Å². The molecule has 2 aromatic carbocycles. The van der Waals surface area contributed by atoms with Gasteiger partial charge in [-0.2, -0.15) is 0 Å². The van der Waals surface area contributed by atoms with Crippen molar-refractivity contribution in [3.8, 4) is 5.75 Å². The predicted molar refractivity (Wildman–Crippen MR) is 113 cm³/mol. The summed E-state index contributed by atoms with van der Waals surface area (Å²) >= 11 is 1.16. The highest BCUT2D eigenvalue weighted by Gasteiger charge is 2.33. The first-order chi connectivity index (χ1) is 13.1. The lowest BCUT2D eigenvalue weighted by Gasteiger charge is -2.24. The van der Waals surface area contributed by atoms with Crippen molar-refractivity contribution in [2.24, 2.45) is 0 Å². The topological polar surface area (TPSA) is 55.8 Å². The Bertz CT molecular complexity index is 709. The molecule has 6 heteroatoms. The van der Waals surface area contributed by atoms with Crippen LogP contribution in [0.15, 0.2) is 54.6 Å². The molecule has 2 aromatic rings. The zero-order valence-corrected chi connectivity index (χ0v) is 17.8. The number of benzene rings is 2. The summed E-state index contributed by atoms with van der Waals surface area (Å²) < 4.78 is 25.0. The Morgan fingerprint density at radius 2 is 1.48 bits per heavy atom. The van der Waals surface area contributed by atoms with Crippen molar-refractivity contribution >= 4 is 18.2 Å². The summed E-state index contributed by atoms with van der Waals surface area (Å²) in [6.45, 7) is 1.54. The highest BCUT2D eigenvalue weighted by molar-refractivity contribution is 8.55. The number of unbranched alkanes of at least 4 members (excludes halogenated alkanes) is 2. The molecule has 0 saturated carbocycles. The van der Waals surface area contributed by atoms with Crippen molar-refractivity contribution in [1.82, 2.24) is 0 Å². The number of aromatic hydroxyl groups is 1. The van der Waals surface area contributed by atoms with Crippen LogP contribution in [0.3, 0.4) is 0 Å². The SMILES string of the molecule is CCCCOP(=O)(OCCCC)SC(c1ccccc1)c1ccccc1O. The maximum Gasteiger partial charge on any atom is 0.390 e. The smallest absolute Gasteiger partial charge is 0.390 e. The number of hydrogen-bond donors (Lipinski definition) is 1. The molecule has 0 aliphatic rings. The largest absolute Gasteiger partial charge is 0.508 e. The number of phenolic OH excluding ortho intramolecular Hbond substituents is 1. The van der Waals surface area contributed by atoms with Crippen LogP contribution in [0.2, 0.25) is 0 Å². The van der Waals surface area contributed by atoms with Crippen LogP contribution in [0.4, 0.5) is 0 Å². The molecule has 148 valence electrons. The summed E-state index contributed by atoms with van der Waals surface area (Å²) in [6, 6.07) is 16.9. The van der Waals surface area contributed by atoms with Crippen LogP contribution in [0.5, 0.6) is 5.75 Å². The number of hydrogen-bond acceptors (Lipinski definition) is 5. The van der Waals surface area contributed by atoms with Gasteiger partial charge in [0.1, 0.15) is 5.75 Å². The summed E-state index contributed by atoms with van der Waals surface area (Å²) in [5, 5.41) is 10.0. The second kappa shape index (κ2) is 11.6. The van der Waals surface area contributed by atoms with Crippen LogP contribution in [0.1, 0.15) is 55.9 Å². The molecule has 0 saturated heterocycles. The van der Waals surface area contributed by atoms with Gasteiger partial charge in [0.2, 0.25) is 0 Å². The van der Waals surface area contributed by atoms with E-state index < -0.39 is 6.80 Å². The van der Waals surface area contributed by atoms with Gasteiger partial charge in [-0.05, 0) is 35.9 Å². The zero-order chi connectivity index (χ0) is 19.5. The van der Waals surface area contributed by atoms with Crippen LogP contribution in [-0.4, -0.2) is 18.3 Å². The molecule has 4 nitrogen and oxygen atoms in total. The lowest BCUT2D eigenvalue weighted by atomic mass is 10.0. The van der Waals surface area contributed by atoms with E-state index in [4.69, 9.17) is 9.05 Å². The van der Waals surface area contributed by atoms with Crippen LogP contribution in [-0.2, 0) is 13.6 Å². The van der Waals surface area contributed by atoms with E-state index in [1.54, 1.807) is 12.1 Å². The molecule has 1 N–H and O–H groups in total. The molecule has 0 radical (unpaired) electrons. The number of rotatable bonds is 12. The lowest BCUT2D eigenvalue weighted by molar-refractivity contribution is 0.215. The molecular weight excluding hydrogens is 379 g/mol. The molecular formula is C21H29O4PS. The van der Waals surface area contributed by atoms with Gasteiger partial charge in [0, 0.05) is 5.56 Å². The Hall–Kier alpha value is -1.26. The highest BCUT2D eigenvalue weighted by atomic mass is 32.7. The standard InChI is InChI=1S/C21H29O4PS/c1-3-5-16-24-26(23,25-17-6-4-2)27-21(18-12-8-7-9-13-18)19-14-10-11-15-20(19)22/h7-15,21-22H,3-6,16-17H2,1-2H3. The zero-order valence-electron chi connectivity index (χ0n) is 16.0. The van der Waals surface area contributed by atoms with Gasteiger partial charge >= 0.3 is 6.80 Å². The Morgan fingerprint density at radius 1 is 0.926 bits per heavy atom. The quantitative estimate of drug-likeness (QED) is 0.304. The molecule has 0 aliphatic heterocycles. The minimum Gasteiger partial charge on any atom is -0.508 e. The third kappa shape index (κ3) is 7.00. The first-order valence-electron chi connectivity index (χ1n) is 9.50. The summed E-state index contributed by atoms with van der Waals surface area (Å²) in [4.78, 5) is 0. The van der Waals surface area contributed by atoms with Crippen molar-refractivity contribution in [2.45, 2.75) is 44.8 Å². The van der Waals surface area contributed by atoms with Gasteiger partial charge in [-0.3, -0.25) is 0 Å². The Balaban J connectivity index is 2.31. The average molecular weight is 409 g/mol. The van der Waals surface area contributed by atoms with E-state index in [1.807, 2.05) is 42.5 Å². The molecule has 1 unspecified atom stereocenters. The fourth-order valence-corrected chi connectivity index (χ4v) is 6.55. The van der Waals surface area contributed by atoms with Crippen molar-refractivity contribution in [1.29, 1.82) is 0 Å². The van der Waals surface area contributed by atoms with E-state index in [-0.39, 0.29) is 11.0 Å². The highest BCUT2D eigenvalue weighted by Crippen LogP contribution is 2.67. The van der Waals surface area contributed by atoms with Gasteiger partial charge in [0.15, 0.2) is 0 Å². The van der Waals surface area contributed by atoms with Crippen molar-refractivity contribution in [2.75, 3.05) is 13.2 Å². The van der Waals surface area contributed by atoms with Gasteiger partial charge in [-0.1, -0.05) is 75.2 Å². The van der Waals surface area contributed by atoms with E-state index in [0.717, 1.165) is 42.6 Å². The molecule has 0 aliphatic carbocycles. The van der Waals surface area contributed by atoms with Crippen molar-refractivity contribution in [3.05, 3.63) is 65.7 Å². The number of para-hydroxylation sites is 1. The van der Waals surface area contributed by atoms with E-state index in [1.165, 1.54) is 0 Å². The van der Waals surface area contributed by atoms with E-state index in [9.17, 15) is 9.67 Å². The first kappa shape index (κ1) is 22.0. The third-order valence-electron chi connectivity index (χ3n) is 4.05. The second-order valence-electron chi connectivity index (χ2n) is 6.28. The molecule has 0 amide bonds. The van der Waals surface area contributed by atoms with E-state index in [2.05, 4.69) is 13.8 Å². The van der Waals surface area contributed by atoms with Crippen LogP contribution in [0, 0.1) is 0 Å². The molecule has 1 atom stereocenters. The van der Waals surface area contributed by atoms with Crippen LogP contribution in [0.25, 0.3) is 0 Å². The van der Waals surface area contributed by atoms with E-state index in [0.29, 0.717) is 18.8 Å². The normalized spacial score (nSPS) is 12.8. The van der Waals surface area contributed by atoms with Gasteiger partial charge in [-0.25, -0.2) is 4.57 Å². The molecule has 0 bridgehead atoms. The van der Waals surface area contributed by atoms with Gasteiger partial charge < -0.3 is 14.2 Å². The summed E-state index contributed by atoms with van der Waals surface area (Å²) in [6.07, 6.45) is 3.57. The summed E-state index contributed by atoms with van der Waals surface area (Å²) in [5.41, 5.74) is 1.65. The van der Waals surface area contributed by atoms with E-state index >= 15 is 0 Å². The fraction of sp³-hybridized carbons (Fsp3) is 0.429. The molecule has 27 heavy (non-hydrogen) atoms. The maximum atomic E-state index is 13.5. The Morgan fingerprint density at radius 3 is 2.04 bits per heavy atom. The second-order valence-corrected chi connectivity index (χ2v) is 10.3.